The molecule has 3 heterocycles. The summed E-state index contributed by atoms with van der Waals surface area (Å²) in [6.45, 7) is 3.43. The van der Waals surface area contributed by atoms with Gasteiger partial charge in [-0.2, -0.15) is 0 Å². The maximum atomic E-state index is 13.9. The first kappa shape index (κ1) is 35.0. The third kappa shape index (κ3) is 8.79. The minimum atomic E-state index is -1.23. The Morgan fingerprint density at radius 2 is 1.80 bits per heavy atom. The number of rotatable bonds is 9. The van der Waals surface area contributed by atoms with Crippen LogP contribution >= 0.6 is 0 Å². The van der Waals surface area contributed by atoms with Gasteiger partial charge in [0, 0.05) is 42.0 Å². The highest BCUT2D eigenvalue weighted by Gasteiger charge is 2.30. The van der Waals surface area contributed by atoms with E-state index in [2.05, 4.69) is 26.3 Å². The van der Waals surface area contributed by atoms with Crippen LogP contribution in [-0.4, -0.2) is 68.8 Å². The van der Waals surface area contributed by atoms with Crippen LogP contribution in [0.4, 0.5) is 0 Å². The number of oxazole rings is 1. The standard InChI is InChI=1S/C36H42N6O7/c1-3-11-30(44)25-19-42(29-16-8-7-14-24(25)29)20-31(45)38-26-15-9-10-17-37-35(48)32(22(2)43)41-34(47)28-21-49-36(40-28)27(39-33(26)46)18-23-12-5-4-6-13-23/h4-8,12-14,16,19,21-22,26-27,32,43H,3,9-11,15,17-18,20H2,1-2H3,(H,37,48)(H,38,45)(H,39,46)(H,41,47)/t22-,26+,27+,32+/m1/s1. The fraction of sp³-hybridized carbons (Fsp3) is 0.389. The first-order valence-electron chi connectivity index (χ1n) is 16.6. The number of carbonyl (C=O) groups excluding carboxylic acids is 5. The molecule has 49 heavy (non-hydrogen) atoms. The molecule has 1 aliphatic heterocycles. The molecule has 4 aromatic rings. The zero-order chi connectivity index (χ0) is 34.9. The number of carbonyl (C=O) groups is 5. The summed E-state index contributed by atoms with van der Waals surface area (Å²) in [6, 6.07) is 13.8. The second kappa shape index (κ2) is 16.2. The fourth-order valence-corrected chi connectivity index (χ4v) is 5.91. The molecule has 2 aromatic heterocycles. The summed E-state index contributed by atoms with van der Waals surface area (Å²) in [4.78, 5) is 70.5. The molecule has 13 heteroatoms. The number of hydrogen-bond donors (Lipinski definition) is 5. The van der Waals surface area contributed by atoms with Crippen LogP contribution in [0.15, 0.2) is 71.5 Å². The van der Waals surface area contributed by atoms with Crippen molar-refractivity contribution in [2.75, 3.05) is 6.54 Å². The van der Waals surface area contributed by atoms with E-state index in [1.807, 2.05) is 61.5 Å². The molecule has 0 saturated carbocycles. The zero-order valence-corrected chi connectivity index (χ0v) is 27.6. The van der Waals surface area contributed by atoms with Crippen molar-refractivity contribution in [1.82, 2.24) is 30.8 Å². The Morgan fingerprint density at radius 1 is 1.04 bits per heavy atom. The number of hydrogen-bond acceptors (Lipinski definition) is 8. The molecule has 5 rings (SSSR count). The smallest absolute Gasteiger partial charge is 0.273 e. The Kier molecular flexibility index (Phi) is 11.6. The maximum absolute atomic E-state index is 13.9. The van der Waals surface area contributed by atoms with E-state index in [9.17, 15) is 29.1 Å². The third-order valence-corrected chi connectivity index (χ3v) is 8.45. The van der Waals surface area contributed by atoms with Gasteiger partial charge in [-0.25, -0.2) is 4.98 Å². The summed E-state index contributed by atoms with van der Waals surface area (Å²) in [5.74, 6) is -2.14. The number of aliphatic hydroxyl groups excluding tert-OH is 1. The molecule has 2 bridgehead atoms. The molecule has 4 atom stereocenters. The molecule has 0 radical (unpaired) electrons. The highest BCUT2D eigenvalue weighted by atomic mass is 16.3. The van der Waals surface area contributed by atoms with E-state index in [1.165, 1.54) is 6.92 Å². The van der Waals surface area contributed by atoms with Crippen molar-refractivity contribution in [2.45, 2.75) is 83.1 Å². The molecule has 258 valence electrons. The second-order valence-corrected chi connectivity index (χ2v) is 12.3. The van der Waals surface area contributed by atoms with Crippen LogP contribution < -0.4 is 21.3 Å². The molecule has 13 nitrogen and oxygen atoms in total. The minimum Gasteiger partial charge on any atom is -0.446 e. The summed E-state index contributed by atoms with van der Waals surface area (Å²) in [5, 5.41) is 22.1. The predicted molar refractivity (Wildman–Crippen MR) is 180 cm³/mol. The molecule has 0 saturated heterocycles. The van der Waals surface area contributed by atoms with Gasteiger partial charge >= 0.3 is 0 Å². The largest absolute Gasteiger partial charge is 0.446 e. The number of aliphatic hydroxyl groups is 1. The SMILES string of the molecule is CCCC(=O)c1cn(CC(=O)N[C@H]2CCCCNC(=O)[C@H]([C@@H](C)O)NC(=O)c3coc(n3)[C@H](Cc3ccccc3)NC2=O)c2ccccc12. The van der Waals surface area contributed by atoms with Gasteiger partial charge in [0.15, 0.2) is 11.5 Å². The predicted octanol–water partition coefficient (Wildman–Crippen LogP) is 2.98. The quantitative estimate of drug-likeness (QED) is 0.168. The second-order valence-electron chi connectivity index (χ2n) is 12.3. The molecular weight excluding hydrogens is 628 g/mol. The van der Waals surface area contributed by atoms with Crippen molar-refractivity contribution in [3.8, 4) is 0 Å². The number of nitrogens with zero attached hydrogens (tertiary/aromatic N) is 2. The van der Waals surface area contributed by atoms with Crippen molar-refractivity contribution in [3.63, 3.8) is 0 Å². The van der Waals surface area contributed by atoms with Crippen LogP contribution in [0.1, 0.15) is 84.3 Å². The molecule has 2 aromatic carbocycles. The normalized spacial score (nSPS) is 19.8. The lowest BCUT2D eigenvalue weighted by molar-refractivity contribution is -0.130. The van der Waals surface area contributed by atoms with E-state index in [4.69, 9.17) is 4.42 Å². The number of amides is 4. The van der Waals surface area contributed by atoms with Gasteiger partial charge in [0.25, 0.3) is 5.91 Å². The number of ketones is 1. The summed E-state index contributed by atoms with van der Waals surface area (Å²) < 4.78 is 7.39. The summed E-state index contributed by atoms with van der Waals surface area (Å²) in [7, 11) is 0. The first-order valence-corrected chi connectivity index (χ1v) is 16.6. The molecule has 0 unspecified atom stereocenters. The van der Waals surface area contributed by atoms with Crippen molar-refractivity contribution < 1.29 is 33.5 Å². The van der Waals surface area contributed by atoms with Gasteiger partial charge < -0.3 is 35.4 Å². The number of Topliss-reactive ketones (excluding diaryl/α,β-unsaturated/α-hetero) is 1. The fourth-order valence-electron chi connectivity index (χ4n) is 5.91. The van der Waals surface area contributed by atoms with Crippen LogP contribution in [0, 0.1) is 0 Å². The van der Waals surface area contributed by atoms with E-state index in [0.29, 0.717) is 31.2 Å². The highest BCUT2D eigenvalue weighted by Crippen LogP contribution is 2.24. The zero-order valence-electron chi connectivity index (χ0n) is 27.6. The Hall–Kier alpha value is -5.30. The summed E-state index contributed by atoms with van der Waals surface area (Å²) >= 11 is 0. The molecular formula is C36H42N6O7. The lowest BCUT2D eigenvalue weighted by Gasteiger charge is -2.23. The Bertz CT molecular complexity index is 1800. The van der Waals surface area contributed by atoms with Gasteiger partial charge in [0.1, 0.15) is 30.9 Å². The first-order chi connectivity index (χ1) is 23.6. The average Bonchev–Trinajstić information content (AvgIpc) is 3.72. The maximum Gasteiger partial charge on any atom is 0.273 e. The number of benzene rings is 2. The highest BCUT2D eigenvalue weighted by molar-refractivity contribution is 6.08. The molecule has 0 spiro atoms. The van der Waals surface area contributed by atoms with E-state index < -0.39 is 47.9 Å². The lowest BCUT2D eigenvalue weighted by Crippen LogP contribution is -2.52. The van der Waals surface area contributed by atoms with Gasteiger partial charge in [-0.3, -0.25) is 24.0 Å². The van der Waals surface area contributed by atoms with Gasteiger partial charge in [-0.15, -0.1) is 0 Å². The number of nitrogens with one attached hydrogen (secondary N) is 4. The topological polar surface area (TPSA) is 185 Å². The van der Waals surface area contributed by atoms with Gasteiger partial charge in [-0.1, -0.05) is 55.5 Å². The third-order valence-electron chi connectivity index (χ3n) is 8.45. The number of para-hydroxylation sites is 1. The van der Waals surface area contributed by atoms with Gasteiger partial charge in [-0.05, 0) is 44.2 Å². The van der Waals surface area contributed by atoms with Crippen LogP contribution in [0.3, 0.4) is 0 Å². The van der Waals surface area contributed by atoms with Crippen molar-refractivity contribution in [3.05, 3.63) is 89.8 Å². The minimum absolute atomic E-state index is 0.00161. The molecule has 5 N–H and O–H groups in total. The Balaban J connectivity index is 1.41. The van der Waals surface area contributed by atoms with Gasteiger partial charge in [0.2, 0.25) is 23.6 Å². The van der Waals surface area contributed by atoms with Crippen LogP contribution in [0.5, 0.6) is 0 Å². The Labute approximate surface area is 283 Å². The van der Waals surface area contributed by atoms with Crippen molar-refractivity contribution in [1.29, 1.82) is 0 Å². The van der Waals surface area contributed by atoms with E-state index in [1.54, 1.807) is 10.8 Å². The molecule has 0 fully saturated rings. The van der Waals surface area contributed by atoms with E-state index in [0.717, 1.165) is 22.7 Å². The lowest BCUT2D eigenvalue weighted by atomic mass is 10.0. The summed E-state index contributed by atoms with van der Waals surface area (Å²) in [5.41, 5.74) is 2.02. The molecule has 1 aliphatic rings. The Morgan fingerprint density at radius 3 is 2.55 bits per heavy atom. The van der Waals surface area contributed by atoms with Gasteiger partial charge in [0.05, 0.1) is 6.10 Å². The number of aromatic nitrogens is 2. The van der Waals surface area contributed by atoms with Crippen LogP contribution in [0.2, 0.25) is 0 Å². The number of fused-ring (bicyclic) bond motifs is 3. The average molecular weight is 671 g/mol. The van der Waals surface area contributed by atoms with E-state index in [-0.39, 0.29) is 43.3 Å². The van der Waals surface area contributed by atoms with E-state index >= 15 is 0 Å². The van der Waals surface area contributed by atoms with Crippen molar-refractivity contribution >= 4 is 40.3 Å². The van der Waals surface area contributed by atoms with Crippen LogP contribution in [-0.2, 0) is 27.3 Å². The molecule has 4 amide bonds. The summed E-state index contributed by atoms with van der Waals surface area (Å²) in [6.07, 6.45) is 4.18. The molecule has 0 aliphatic carbocycles. The van der Waals surface area contributed by atoms with Crippen molar-refractivity contribution in [2.24, 2.45) is 0 Å². The monoisotopic (exact) mass is 670 g/mol. The van der Waals surface area contributed by atoms with Crippen LogP contribution in [0.25, 0.3) is 10.9 Å².